The lowest BCUT2D eigenvalue weighted by Crippen LogP contribution is -2.40. The summed E-state index contributed by atoms with van der Waals surface area (Å²) in [6.07, 6.45) is 2.51. The molecule has 1 aliphatic heterocycles. The Labute approximate surface area is 148 Å². The maximum Gasteiger partial charge on any atom is 0.316 e. The minimum Gasteiger partial charge on any atom is -0.469 e. The summed E-state index contributed by atoms with van der Waals surface area (Å²) in [4.78, 5) is 30.3. The Bertz CT molecular complexity index is 753. The smallest absolute Gasteiger partial charge is 0.316 e. The minimum atomic E-state index is -0.627. The second-order valence-electron chi connectivity index (χ2n) is 8.01. The summed E-state index contributed by atoms with van der Waals surface area (Å²) in [5.41, 5.74) is 1.95. The summed E-state index contributed by atoms with van der Waals surface area (Å²) in [6, 6.07) is 3.59. The molecule has 0 amide bonds. The van der Waals surface area contributed by atoms with Crippen LogP contribution >= 0.6 is 0 Å². The van der Waals surface area contributed by atoms with E-state index in [0.29, 0.717) is 29.9 Å². The Morgan fingerprint density at radius 2 is 2.08 bits per heavy atom. The standard InChI is InChI=1S/C20H25NO4/c1-11(2)25-19(23)16-12(3)21-13-9-20(4,5)10-14(22)17(13)18(16)15-7-6-8-24-15/h6-8,11,16,18H,9-10H2,1-5H3/t16?,18-/m0/s1. The molecule has 0 radical (unpaired) electrons. The fraction of sp³-hybridized carbons (Fsp3) is 0.550. The van der Waals surface area contributed by atoms with Crippen molar-refractivity contribution < 1.29 is 18.7 Å². The number of ether oxygens (including phenoxy) is 1. The van der Waals surface area contributed by atoms with E-state index in [1.807, 2.05) is 26.8 Å². The first-order valence-corrected chi connectivity index (χ1v) is 8.75. The quantitative estimate of drug-likeness (QED) is 0.777. The zero-order valence-electron chi connectivity index (χ0n) is 15.5. The van der Waals surface area contributed by atoms with Crippen LogP contribution in [0.3, 0.4) is 0 Å². The van der Waals surface area contributed by atoms with Crippen molar-refractivity contribution >= 4 is 17.5 Å². The number of furan rings is 1. The number of allylic oxidation sites excluding steroid dienone is 2. The van der Waals surface area contributed by atoms with E-state index in [0.717, 1.165) is 5.70 Å². The van der Waals surface area contributed by atoms with Gasteiger partial charge in [-0.25, -0.2) is 0 Å². The fourth-order valence-electron chi connectivity index (χ4n) is 3.83. The van der Waals surface area contributed by atoms with Crippen molar-refractivity contribution in [3.8, 4) is 0 Å². The van der Waals surface area contributed by atoms with E-state index in [9.17, 15) is 9.59 Å². The van der Waals surface area contributed by atoms with Crippen LogP contribution in [0.25, 0.3) is 0 Å². The van der Waals surface area contributed by atoms with Crippen molar-refractivity contribution in [2.24, 2.45) is 16.3 Å². The largest absolute Gasteiger partial charge is 0.469 e. The molecule has 1 unspecified atom stereocenters. The topological polar surface area (TPSA) is 68.9 Å². The number of carbonyl (C=O) groups excluding carboxylic acids is 2. The first kappa shape index (κ1) is 17.6. The van der Waals surface area contributed by atoms with E-state index in [-0.39, 0.29) is 23.3 Å². The molecule has 2 heterocycles. The van der Waals surface area contributed by atoms with Crippen LogP contribution < -0.4 is 0 Å². The average molecular weight is 343 g/mol. The van der Waals surface area contributed by atoms with Gasteiger partial charge in [-0.3, -0.25) is 14.6 Å². The van der Waals surface area contributed by atoms with E-state index in [2.05, 4.69) is 18.8 Å². The Hall–Kier alpha value is -2.17. The van der Waals surface area contributed by atoms with Gasteiger partial charge < -0.3 is 9.15 Å². The lowest BCUT2D eigenvalue weighted by Gasteiger charge is -2.38. The molecule has 1 aromatic rings. The van der Waals surface area contributed by atoms with Crippen molar-refractivity contribution in [3.05, 3.63) is 35.4 Å². The highest BCUT2D eigenvalue weighted by molar-refractivity contribution is 6.08. The number of rotatable bonds is 3. The van der Waals surface area contributed by atoms with Gasteiger partial charge in [-0.05, 0) is 44.7 Å². The Morgan fingerprint density at radius 3 is 2.68 bits per heavy atom. The third-order valence-electron chi connectivity index (χ3n) is 4.76. The van der Waals surface area contributed by atoms with Crippen LogP contribution in [-0.2, 0) is 14.3 Å². The van der Waals surface area contributed by atoms with Gasteiger partial charge in [0.15, 0.2) is 5.78 Å². The number of nitrogens with zero attached hydrogens (tertiary/aromatic N) is 1. The molecule has 0 aromatic carbocycles. The van der Waals surface area contributed by atoms with Crippen molar-refractivity contribution in [2.45, 2.75) is 59.5 Å². The predicted octanol–water partition coefficient (Wildman–Crippen LogP) is 4.05. The molecular weight excluding hydrogens is 318 g/mol. The third kappa shape index (κ3) is 3.32. The minimum absolute atomic E-state index is 0.0475. The second-order valence-corrected chi connectivity index (χ2v) is 8.01. The molecule has 134 valence electrons. The molecule has 0 saturated heterocycles. The molecule has 0 spiro atoms. The van der Waals surface area contributed by atoms with Crippen molar-refractivity contribution in [1.82, 2.24) is 0 Å². The number of Topliss-reactive ketones (excluding diaryl/α,β-unsaturated/α-hetero) is 1. The summed E-state index contributed by atoms with van der Waals surface area (Å²) in [6.45, 7) is 9.60. The highest BCUT2D eigenvalue weighted by atomic mass is 16.5. The van der Waals surface area contributed by atoms with Crippen LogP contribution in [0.4, 0.5) is 0 Å². The van der Waals surface area contributed by atoms with Crippen LogP contribution in [0.5, 0.6) is 0 Å². The zero-order chi connectivity index (χ0) is 18.4. The maximum absolute atomic E-state index is 12.9. The van der Waals surface area contributed by atoms with E-state index < -0.39 is 11.8 Å². The fourth-order valence-corrected chi connectivity index (χ4v) is 3.83. The van der Waals surface area contributed by atoms with Gasteiger partial charge in [-0.1, -0.05) is 13.8 Å². The van der Waals surface area contributed by atoms with Gasteiger partial charge in [0.25, 0.3) is 0 Å². The summed E-state index contributed by atoms with van der Waals surface area (Å²) in [5.74, 6) is -0.789. The maximum atomic E-state index is 12.9. The van der Waals surface area contributed by atoms with Crippen LogP contribution in [0.1, 0.15) is 59.1 Å². The van der Waals surface area contributed by atoms with Gasteiger partial charge in [0.1, 0.15) is 11.7 Å². The number of hydrogen-bond donors (Lipinski definition) is 0. The molecule has 0 fully saturated rings. The van der Waals surface area contributed by atoms with E-state index in [1.165, 1.54) is 0 Å². The summed E-state index contributed by atoms with van der Waals surface area (Å²) >= 11 is 0. The van der Waals surface area contributed by atoms with Gasteiger partial charge in [0.2, 0.25) is 0 Å². The van der Waals surface area contributed by atoms with Gasteiger partial charge in [0.05, 0.1) is 18.3 Å². The molecular formula is C20H25NO4. The van der Waals surface area contributed by atoms with Crippen molar-refractivity contribution in [1.29, 1.82) is 0 Å². The Kier molecular flexibility index (Phi) is 4.43. The highest BCUT2D eigenvalue weighted by Gasteiger charge is 2.47. The molecule has 1 aromatic heterocycles. The molecule has 0 saturated carbocycles. The lowest BCUT2D eigenvalue weighted by molar-refractivity contribution is -0.150. The van der Waals surface area contributed by atoms with Gasteiger partial charge in [0, 0.05) is 23.4 Å². The lowest BCUT2D eigenvalue weighted by atomic mass is 9.68. The number of hydrogen-bond acceptors (Lipinski definition) is 5. The van der Waals surface area contributed by atoms with Gasteiger partial charge >= 0.3 is 5.97 Å². The summed E-state index contributed by atoms with van der Waals surface area (Å²) < 4.78 is 11.1. The molecule has 5 nitrogen and oxygen atoms in total. The highest BCUT2D eigenvalue weighted by Crippen LogP contribution is 2.47. The Balaban J connectivity index is 2.11. The number of carbonyl (C=O) groups is 2. The molecule has 2 atom stereocenters. The summed E-state index contributed by atoms with van der Waals surface area (Å²) in [7, 11) is 0. The molecule has 25 heavy (non-hydrogen) atoms. The molecule has 1 aliphatic carbocycles. The number of esters is 1. The summed E-state index contributed by atoms with van der Waals surface area (Å²) in [5, 5.41) is 0. The van der Waals surface area contributed by atoms with E-state index in [1.54, 1.807) is 12.3 Å². The second kappa shape index (κ2) is 6.28. The van der Waals surface area contributed by atoms with Gasteiger partial charge in [-0.2, -0.15) is 0 Å². The van der Waals surface area contributed by atoms with E-state index in [4.69, 9.17) is 9.15 Å². The van der Waals surface area contributed by atoms with Crippen LogP contribution in [-0.4, -0.2) is 23.6 Å². The molecule has 5 heteroatoms. The van der Waals surface area contributed by atoms with Crippen LogP contribution in [0.15, 0.2) is 39.1 Å². The first-order valence-electron chi connectivity index (χ1n) is 8.75. The zero-order valence-corrected chi connectivity index (χ0v) is 15.5. The number of ketones is 1. The normalized spacial score (nSPS) is 25.7. The van der Waals surface area contributed by atoms with E-state index >= 15 is 0 Å². The van der Waals surface area contributed by atoms with Crippen LogP contribution in [0.2, 0.25) is 0 Å². The third-order valence-corrected chi connectivity index (χ3v) is 4.76. The van der Waals surface area contributed by atoms with Crippen LogP contribution in [0, 0.1) is 11.3 Å². The average Bonchev–Trinajstić information content (AvgIpc) is 2.96. The molecule has 0 N–H and O–H groups in total. The monoisotopic (exact) mass is 343 g/mol. The molecule has 2 aliphatic rings. The van der Waals surface area contributed by atoms with Crippen molar-refractivity contribution in [2.75, 3.05) is 0 Å². The Morgan fingerprint density at radius 1 is 1.36 bits per heavy atom. The molecule has 0 bridgehead atoms. The first-order chi connectivity index (χ1) is 11.7. The van der Waals surface area contributed by atoms with Crippen molar-refractivity contribution in [3.63, 3.8) is 0 Å². The van der Waals surface area contributed by atoms with Gasteiger partial charge in [-0.15, -0.1) is 0 Å². The number of aliphatic imine (C=N–C) groups is 1. The predicted molar refractivity (Wildman–Crippen MR) is 94.3 cm³/mol. The molecule has 3 rings (SSSR count). The SMILES string of the molecule is CC1=NC2=C(C(=O)CC(C)(C)C2)[C@@H](c2ccco2)C1C(=O)OC(C)C.